The predicted octanol–water partition coefficient (Wildman–Crippen LogP) is 1.48. The standard InChI is InChI=1S/C12H13FO5S/c13-10-6-8(12(14)15)3-4-11(10)19(16,17)9-2-1-5-18-7-9/h3-4,6,9H,1-2,5,7H2,(H,14,15). The van der Waals surface area contributed by atoms with Crippen molar-refractivity contribution < 1.29 is 27.4 Å². The van der Waals surface area contributed by atoms with Crippen LogP contribution in [-0.2, 0) is 14.6 Å². The Morgan fingerprint density at radius 3 is 2.68 bits per heavy atom. The van der Waals surface area contributed by atoms with Crippen LogP contribution in [0.2, 0.25) is 0 Å². The average Bonchev–Trinajstić information content (AvgIpc) is 2.39. The van der Waals surface area contributed by atoms with Gasteiger partial charge in [0, 0.05) is 6.61 Å². The highest BCUT2D eigenvalue weighted by atomic mass is 32.2. The Kier molecular flexibility index (Phi) is 3.86. The number of sulfone groups is 1. The van der Waals surface area contributed by atoms with Crippen LogP contribution in [0.3, 0.4) is 0 Å². The number of carboxylic acids is 1. The molecule has 1 fully saturated rings. The Balaban J connectivity index is 2.37. The number of rotatable bonds is 3. The molecule has 104 valence electrons. The molecule has 19 heavy (non-hydrogen) atoms. The Labute approximate surface area is 109 Å². The molecule has 5 nitrogen and oxygen atoms in total. The first-order chi connectivity index (χ1) is 8.93. The SMILES string of the molecule is O=C(O)c1ccc(S(=O)(=O)C2CCCOC2)c(F)c1. The van der Waals surface area contributed by atoms with E-state index in [-0.39, 0.29) is 12.2 Å². The Hall–Kier alpha value is -1.47. The van der Waals surface area contributed by atoms with Crippen LogP contribution in [0.5, 0.6) is 0 Å². The number of carboxylic acid groups (broad SMARTS) is 1. The first-order valence-electron chi connectivity index (χ1n) is 5.77. The minimum absolute atomic E-state index is 0.0441. The lowest BCUT2D eigenvalue weighted by Gasteiger charge is -2.22. The first-order valence-corrected chi connectivity index (χ1v) is 7.32. The third-order valence-electron chi connectivity index (χ3n) is 3.04. The number of benzene rings is 1. The van der Waals surface area contributed by atoms with Crippen molar-refractivity contribution in [2.24, 2.45) is 0 Å². The number of carbonyl (C=O) groups is 1. The van der Waals surface area contributed by atoms with Crippen LogP contribution in [0.25, 0.3) is 0 Å². The van der Waals surface area contributed by atoms with Gasteiger partial charge in [0.1, 0.15) is 10.7 Å². The summed E-state index contributed by atoms with van der Waals surface area (Å²) in [7, 11) is -3.83. The Bertz CT molecular complexity index is 590. The highest BCUT2D eigenvalue weighted by molar-refractivity contribution is 7.92. The molecule has 0 radical (unpaired) electrons. The molecule has 1 aliphatic rings. The topological polar surface area (TPSA) is 80.7 Å². The quantitative estimate of drug-likeness (QED) is 0.911. The van der Waals surface area contributed by atoms with Gasteiger partial charge in [-0.25, -0.2) is 17.6 Å². The van der Waals surface area contributed by atoms with E-state index in [9.17, 15) is 17.6 Å². The van der Waals surface area contributed by atoms with Gasteiger partial charge in [0.15, 0.2) is 9.84 Å². The van der Waals surface area contributed by atoms with Crippen molar-refractivity contribution in [2.75, 3.05) is 13.2 Å². The summed E-state index contributed by atoms with van der Waals surface area (Å²) in [5.74, 6) is -2.34. The minimum Gasteiger partial charge on any atom is -0.478 e. The summed E-state index contributed by atoms with van der Waals surface area (Å²) < 4.78 is 43.3. The zero-order chi connectivity index (χ0) is 14.0. The molecular weight excluding hydrogens is 275 g/mol. The Morgan fingerprint density at radius 2 is 2.16 bits per heavy atom. The van der Waals surface area contributed by atoms with Gasteiger partial charge in [-0.2, -0.15) is 0 Å². The van der Waals surface area contributed by atoms with Gasteiger partial charge in [0.05, 0.1) is 17.4 Å². The summed E-state index contributed by atoms with van der Waals surface area (Å²) in [6.07, 6.45) is 1.03. The Morgan fingerprint density at radius 1 is 1.42 bits per heavy atom. The fourth-order valence-electron chi connectivity index (χ4n) is 2.00. The van der Waals surface area contributed by atoms with E-state index in [1.54, 1.807) is 0 Å². The molecular formula is C12H13FO5S. The van der Waals surface area contributed by atoms with E-state index in [0.717, 1.165) is 18.2 Å². The summed E-state index contributed by atoms with van der Waals surface area (Å²) in [4.78, 5) is 10.2. The molecule has 0 saturated carbocycles. The van der Waals surface area contributed by atoms with E-state index in [1.165, 1.54) is 0 Å². The van der Waals surface area contributed by atoms with Gasteiger partial charge in [-0.15, -0.1) is 0 Å². The van der Waals surface area contributed by atoms with E-state index in [1.807, 2.05) is 0 Å². The molecule has 7 heteroatoms. The maximum absolute atomic E-state index is 13.8. The third kappa shape index (κ3) is 2.76. The molecule has 1 heterocycles. The van der Waals surface area contributed by atoms with Crippen LogP contribution < -0.4 is 0 Å². The van der Waals surface area contributed by atoms with Gasteiger partial charge < -0.3 is 9.84 Å². The normalized spacial score (nSPS) is 20.2. The molecule has 0 aromatic heterocycles. The summed E-state index contributed by atoms with van der Waals surface area (Å²) >= 11 is 0. The predicted molar refractivity (Wildman–Crippen MR) is 64.4 cm³/mol. The highest BCUT2D eigenvalue weighted by Gasteiger charge is 2.32. The van der Waals surface area contributed by atoms with Crippen molar-refractivity contribution in [1.82, 2.24) is 0 Å². The van der Waals surface area contributed by atoms with E-state index in [0.29, 0.717) is 19.4 Å². The molecule has 1 aromatic rings. The smallest absolute Gasteiger partial charge is 0.335 e. The third-order valence-corrected chi connectivity index (χ3v) is 5.24. The number of halogens is 1. The maximum Gasteiger partial charge on any atom is 0.335 e. The molecule has 1 saturated heterocycles. The van der Waals surface area contributed by atoms with Crippen molar-refractivity contribution in [1.29, 1.82) is 0 Å². The van der Waals surface area contributed by atoms with Crippen molar-refractivity contribution in [3.05, 3.63) is 29.6 Å². The monoisotopic (exact) mass is 288 g/mol. The lowest BCUT2D eigenvalue weighted by atomic mass is 10.2. The molecule has 2 rings (SSSR count). The lowest BCUT2D eigenvalue weighted by Crippen LogP contribution is -2.31. The fourth-order valence-corrected chi connectivity index (χ4v) is 3.70. The van der Waals surface area contributed by atoms with Crippen LogP contribution in [0, 0.1) is 5.82 Å². The molecule has 1 aromatic carbocycles. The average molecular weight is 288 g/mol. The number of ether oxygens (including phenoxy) is 1. The van der Waals surface area contributed by atoms with Crippen molar-refractivity contribution in [3.63, 3.8) is 0 Å². The summed E-state index contributed by atoms with van der Waals surface area (Å²) in [6.45, 7) is 0.551. The molecule has 1 N–H and O–H groups in total. The molecule has 0 aliphatic carbocycles. The van der Waals surface area contributed by atoms with Gasteiger partial charge >= 0.3 is 5.97 Å². The summed E-state index contributed by atoms with van der Waals surface area (Å²) in [6, 6.07) is 2.81. The van der Waals surface area contributed by atoms with Crippen LogP contribution in [-0.4, -0.2) is 38.0 Å². The number of aromatic carboxylic acids is 1. The fraction of sp³-hybridized carbons (Fsp3) is 0.417. The molecule has 0 bridgehead atoms. The van der Waals surface area contributed by atoms with Crippen LogP contribution in [0.4, 0.5) is 4.39 Å². The molecule has 1 atom stereocenters. The molecule has 1 aliphatic heterocycles. The number of hydrogen-bond acceptors (Lipinski definition) is 4. The van der Waals surface area contributed by atoms with Gasteiger partial charge in [0.2, 0.25) is 0 Å². The summed E-state index contributed by atoms with van der Waals surface area (Å²) in [5, 5.41) is 7.94. The van der Waals surface area contributed by atoms with Gasteiger partial charge in [-0.1, -0.05) is 0 Å². The van der Waals surface area contributed by atoms with E-state index < -0.39 is 31.8 Å². The van der Waals surface area contributed by atoms with Crippen LogP contribution in [0.1, 0.15) is 23.2 Å². The molecule has 0 amide bonds. The van der Waals surface area contributed by atoms with Crippen molar-refractivity contribution >= 4 is 15.8 Å². The first kappa shape index (κ1) is 14.0. The van der Waals surface area contributed by atoms with Crippen LogP contribution in [0.15, 0.2) is 23.1 Å². The van der Waals surface area contributed by atoms with Crippen molar-refractivity contribution in [2.45, 2.75) is 23.0 Å². The van der Waals surface area contributed by atoms with E-state index in [4.69, 9.17) is 9.84 Å². The highest BCUT2D eigenvalue weighted by Crippen LogP contribution is 2.25. The molecule has 1 unspecified atom stereocenters. The zero-order valence-electron chi connectivity index (χ0n) is 10.0. The zero-order valence-corrected chi connectivity index (χ0v) is 10.8. The second-order valence-corrected chi connectivity index (χ2v) is 6.53. The van der Waals surface area contributed by atoms with E-state index in [2.05, 4.69) is 0 Å². The van der Waals surface area contributed by atoms with Gasteiger partial charge in [0.25, 0.3) is 0 Å². The second kappa shape index (κ2) is 5.26. The lowest BCUT2D eigenvalue weighted by molar-refractivity contribution is 0.0696. The molecule has 0 spiro atoms. The number of hydrogen-bond donors (Lipinski definition) is 1. The van der Waals surface area contributed by atoms with Gasteiger partial charge in [-0.05, 0) is 31.0 Å². The minimum atomic E-state index is -3.83. The largest absolute Gasteiger partial charge is 0.478 e. The van der Waals surface area contributed by atoms with Crippen LogP contribution >= 0.6 is 0 Å². The van der Waals surface area contributed by atoms with Crippen molar-refractivity contribution in [3.8, 4) is 0 Å². The van der Waals surface area contributed by atoms with E-state index >= 15 is 0 Å². The summed E-state index contributed by atoms with van der Waals surface area (Å²) in [5.41, 5.74) is -0.281. The maximum atomic E-state index is 13.8. The second-order valence-electron chi connectivity index (χ2n) is 4.33. The van der Waals surface area contributed by atoms with Gasteiger partial charge in [-0.3, -0.25) is 0 Å².